The average molecular weight is 807 g/mol. The molecular formula is C57H34N4S. The largest absolute Gasteiger partial charge is 0.264 e. The Kier molecular flexibility index (Phi) is 7.66. The van der Waals surface area contributed by atoms with Gasteiger partial charge in [0.25, 0.3) is 0 Å². The number of thiophene rings is 1. The lowest BCUT2D eigenvalue weighted by atomic mass is 9.65. The van der Waals surface area contributed by atoms with E-state index >= 15 is 0 Å². The zero-order valence-corrected chi connectivity index (χ0v) is 34.1. The van der Waals surface area contributed by atoms with Gasteiger partial charge in [0.15, 0.2) is 5.82 Å². The lowest BCUT2D eigenvalue weighted by molar-refractivity contribution is 0.776. The Morgan fingerprint density at radius 3 is 1.81 bits per heavy atom. The predicted octanol–water partition coefficient (Wildman–Crippen LogP) is 14.3. The number of pyridine rings is 2. The van der Waals surface area contributed by atoms with Crippen LogP contribution in [-0.4, -0.2) is 19.9 Å². The molecule has 1 spiro atoms. The Bertz CT molecular complexity index is 3580. The molecule has 4 heterocycles. The van der Waals surface area contributed by atoms with Gasteiger partial charge < -0.3 is 0 Å². The molecule has 7 aromatic carbocycles. The first-order valence-corrected chi connectivity index (χ1v) is 21.8. The van der Waals surface area contributed by atoms with E-state index < -0.39 is 5.41 Å². The maximum absolute atomic E-state index is 5.36. The van der Waals surface area contributed by atoms with Gasteiger partial charge in [-0.15, -0.1) is 11.3 Å². The van der Waals surface area contributed by atoms with Crippen molar-refractivity contribution in [2.45, 2.75) is 5.41 Å². The van der Waals surface area contributed by atoms with Gasteiger partial charge in [-0.1, -0.05) is 146 Å². The van der Waals surface area contributed by atoms with Crippen LogP contribution in [0, 0.1) is 0 Å². The fourth-order valence-electron chi connectivity index (χ4n) is 10.2. The summed E-state index contributed by atoms with van der Waals surface area (Å²) in [6.45, 7) is 0. The second-order valence-electron chi connectivity index (χ2n) is 16.1. The third-order valence-corrected chi connectivity index (χ3v) is 14.1. The zero-order valence-electron chi connectivity index (χ0n) is 33.3. The molecule has 11 aromatic rings. The van der Waals surface area contributed by atoms with Crippen molar-refractivity contribution in [1.82, 2.24) is 19.9 Å². The van der Waals surface area contributed by atoms with E-state index in [0.29, 0.717) is 5.82 Å². The van der Waals surface area contributed by atoms with Crippen molar-refractivity contribution in [1.29, 1.82) is 0 Å². The van der Waals surface area contributed by atoms with Crippen LogP contribution in [-0.2, 0) is 5.41 Å². The van der Waals surface area contributed by atoms with Crippen LogP contribution in [0.5, 0.6) is 0 Å². The lowest BCUT2D eigenvalue weighted by Crippen LogP contribution is -2.29. The summed E-state index contributed by atoms with van der Waals surface area (Å²) in [7, 11) is 0. The van der Waals surface area contributed by atoms with Crippen LogP contribution in [0.15, 0.2) is 207 Å². The Morgan fingerprint density at radius 2 is 1.03 bits per heavy atom. The summed E-state index contributed by atoms with van der Waals surface area (Å²) in [5, 5.41) is 2.61. The summed E-state index contributed by atoms with van der Waals surface area (Å²) in [5.74, 6) is 0.665. The van der Waals surface area contributed by atoms with Gasteiger partial charge in [-0.05, 0) is 92.5 Å². The molecule has 1 unspecified atom stereocenters. The third kappa shape index (κ3) is 5.06. The Labute approximate surface area is 362 Å². The minimum absolute atomic E-state index is 0.637. The third-order valence-electron chi connectivity index (χ3n) is 12.9. The van der Waals surface area contributed by atoms with Crippen LogP contribution in [0.1, 0.15) is 22.3 Å². The van der Waals surface area contributed by atoms with E-state index in [0.717, 1.165) is 39.3 Å². The average Bonchev–Trinajstić information content (AvgIpc) is 3.85. The first kappa shape index (κ1) is 34.9. The molecule has 1 atom stereocenters. The quantitative estimate of drug-likeness (QED) is 0.178. The van der Waals surface area contributed by atoms with Crippen molar-refractivity contribution in [3.8, 4) is 78.5 Å². The highest BCUT2D eigenvalue weighted by Crippen LogP contribution is 2.63. The summed E-state index contributed by atoms with van der Waals surface area (Å²) >= 11 is 1.91. The molecule has 2 aliphatic rings. The van der Waals surface area contributed by atoms with Gasteiger partial charge in [0.2, 0.25) is 0 Å². The van der Waals surface area contributed by atoms with Crippen LogP contribution in [0.4, 0.5) is 0 Å². The van der Waals surface area contributed by atoms with Crippen LogP contribution in [0.25, 0.3) is 98.7 Å². The van der Waals surface area contributed by atoms with Gasteiger partial charge in [-0.3, -0.25) is 9.97 Å². The van der Waals surface area contributed by atoms with Crippen molar-refractivity contribution >= 4 is 31.5 Å². The van der Waals surface area contributed by atoms with E-state index in [-0.39, 0.29) is 0 Å². The number of hydrogen-bond donors (Lipinski definition) is 0. The molecule has 4 aromatic heterocycles. The van der Waals surface area contributed by atoms with Crippen LogP contribution >= 0.6 is 11.3 Å². The highest BCUT2D eigenvalue weighted by atomic mass is 32.1. The maximum atomic E-state index is 5.36. The SMILES string of the molecule is c1ccc(-c2nc(-c3ccc(-c4cccnc4)nc3)cc(-c3ccc4c(c3)C3(c5ccccc5-c5ccccc5-4)c4ccccc4-c4c3ccc3c4sc4ccccc43)n2)cc1. The van der Waals surface area contributed by atoms with E-state index in [2.05, 4.69) is 157 Å². The lowest BCUT2D eigenvalue weighted by Gasteiger charge is -2.35. The molecule has 0 bridgehead atoms. The Hall–Kier alpha value is -7.86. The number of fused-ring (bicyclic) bond motifs is 16. The number of hydrogen-bond acceptors (Lipinski definition) is 5. The molecular weight excluding hydrogens is 773 g/mol. The summed E-state index contributed by atoms with van der Waals surface area (Å²) in [4.78, 5) is 19.7. The van der Waals surface area contributed by atoms with Crippen molar-refractivity contribution in [2.24, 2.45) is 0 Å². The maximum Gasteiger partial charge on any atom is 0.160 e. The molecule has 0 fully saturated rings. The van der Waals surface area contributed by atoms with Crippen molar-refractivity contribution < 1.29 is 0 Å². The van der Waals surface area contributed by atoms with E-state index in [1.807, 2.05) is 60.1 Å². The van der Waals surface area contributed by atoms with E-state index in [9.17, 15) is 0 Å². The highest BCUT2D eigenvalue weighted by Gasteiger charge is 2.50. The molecule has 0 radical (unpaired) electrons. The second-order valence-corrected chi connectivity index (χ2v) is 17.2. The van der Waals surface area contributed by atoms with Gasteiger partial charge in [0.1, 0.15) is 0 Å². The first-order chi connectivity index (χ1) is 30.7. The fourth-order valence-corrected chi connectivity index (χ4v) is 11.5. The molecule has 288 valence electrons. The van der Waals surface area contributed by atoms with Crippen LogP contribution in [0.3, 0.4) is 0 Å². The normalized spacial score (nSPS) is 14.5. The van der Waals surface area contributed by atoms with E-state index in [1.54, 1.807) is 6.20 Å². The molecule has 0 N–H and O–H groups in total. The molecule has 5 heteroatoms. The van der Waals surface area contributed by atoms with Gasteiger partial charge in [-0.25, -0.2) is 9.97 Å². The monoisotopic (exact) mass is 806 g/mol. The molecule has 0 saturated heterocycles. The molecule has 4 nitrogen and oxygen atoms in total. The summed E-state index contributed by atoms with van der Waals surface area (Å²) < 4.78 is 2.64. The van der Waals surface area contributed by atoms with Crippen molar-refractivity contribution in [2.75, 3.05) is 0 Å². The summed E-state index contributed by atoms with van der Waals surface area (Å²) in [6, 6.07) is 68.3. The number of rotatable bonds is 4. The molecule has 0 amide bonds. The highest BCUT2D eigenvalue weighted by molar-refractivity contribution is 7.26. The topological polar surface area (TPSA) is 51.6 Å². The minimum Gasteiger partial charge on any atom is -0.264 e. The van der Waals surface area contributed by atoms with E-state index in [4.69, 9.17) is 15.0 Å². The smallest absolute Gasteiger partial charge is 0.160 e. The van der Waals surface area contributed by atoms with Crippen molar-refractivity contribution in [3.63, 3.8) is 0 Å². The summed E-state index contributed by atoms with van der Waals surface area (Å²) in [6.07, 6.45) is 5.53. The van der Waals surface area contributed by atoms with Gasteiger partial charge in [-0.2, -0.15) is 0 Å². The Morgan fingerprint density at radius 1 is 0.387 bits per heavy atom. The molecule has 13 rings (SSSR count). The number of aromatic nitrogens is 4. The van der Waals surface area contributed by atoms with Gasteiger partial charge in [0, 0.05) is 66.6 Å². The van der Waals surface area contributed by atoms with Gasteiger partial charge in [0.05, 0.1) is 22.5 Å². The van der Waals surface area contributed by atoms with Crippen LogP contribution in [0.2, 0.25) is 0 Å². The predicted molar refractivity (Wildman–Crippen MR) is 254 cm³/mol. The summed E-state index contributed by atoms with van der Waals surface area (Å²) in [5.41, 5.74) is 18.4. The number of nitrogens with zero attached hydrogens (tertiary/aromatic N) is 4. The molecule has 0 saturated carbocycles. The second kappa shape index (κ2) is 13.6. The van der Waals surface area contributed by atoms with E-state index in [1.165, 1.54) is 75.8 Å². The van der Waals surface area contributed by atoms with Crippen molar-refractivity contribution in [3.05, 3.63) is 229 Å². The molecule has 0 aliphatic heterocycles. The molecule has 62 heavy (non-hydrogen) atoms. The van der Waals surface area contributed by atoms with Crippen LogP contribution < -0.4 is 0 Å². The minimum atomic E-state index is -0.637. The first-order valence-electron chi connectivity index (χ1n) is 20.9. The standard InChI is InChI=1S/C57H34N4S/c1-2-13-35(14-3-1)56-60-51(32-52(61-56)38-25-29-50(59-34-38)37-15-12-30-58-33-37)36-24-26-42-40-17-5-4-16-39(40)41-18-6-9-21-46(41)57(49(42)31-36)47-22-10-7-20-45(47)54-48(57)28-27-44-43-19-8-11-23-53(43)62-55(44)54/h1-34H. The van der Waals surface area contributed by atoms with Gasteiger partial charge >= 0.3 is 0 Å². The zero-order chi connectivity index (χ0) is 40.8. The Balaban J connectivity index is 1.10. The number of benzene rings is 7. The fraction of sp³-hybridized carbons (Fsp3) is 0.0175. The molecule has 2 aliphatic carbocycles.